The summed E-state index contributed by atoms with van der Waals surface area (Å²) in [6, 6.07) is 1.73. The van der Waals surface area contributed by atoms with Crippen LogP contribution in [0.5, 0.6) is 5.88 Å². The van der Waals surface area contributed by atoms with Crippen LogP contribution >= 0.6 is 0 Å². The van der Waals surface area contributed by atoms with Gasteiger partial charge in [0.05, 0.1) is 37.0 Å². The molecule has 3 aromatic heterocycles. The van der Waals surface area contributed by atoms with Crippen LogP contribution in [0.2, 0.25) is 0 Å². The highest BCUT2D eigenvalue weighted by atomic mass is 19.3. The summed E-state index contributed by atoms with van der Waals surface area (Å²) in [6.07, 6.45) is -1.91. The minimum Gasteiger partial charge on any atom is -0.479 e. The Morgan fingerprint density at radius 2 is 2.11 bits per heavy atom. The van der Waals surface area contributed by atoms with Crippen molar-refractivity contribution in [2.24, 2.45) is 0 Å². The zero-order valence-electron chi connectivity index (χ0n) is 22.1. The van der Waals surface area contributed by atoms with Gasteiger partial charge in [-0.05, 0) is 38.0 Å². The second-order valence-electron chi connectivity index (χ2n) is 8.57. The number of anilines is 1. The van der Waals surface area contributed by atoms with Gasteiger partial charge in [-0.1, -0.05) is 11.3 Å². The molecule has 0 aliphatic carbocycles. The van der Waals surface area contributed by atoms with Crippen LogP contribution in [-0.4, -0.2) is 80.1 Å². The molecule has 192 valence electrons. The van der Waals surface area contributed by atoms with Gasteiger partial charge in [-0.15, -0.1) is 10.2 Å². The standard InChI is InChI=1S/C22H23F5N8O/c1-11(19(24)25)35-15-8-12(4-5-14(15)30-32-35)17-13(23)9-34-18(17)20(36-3)29-21(31-34)28-16-6-7-33(2)10-22(16,26)27/h4-5,8-9,11,16,19H,6-7,10H2,1-3H3,(H,28,31)/t11-,16-/m1/s1/i2D3. The normalized spacial score (nSPS) is 20.9. The van der Waals surface area contributed by atoms with Gasteiger partial charge in [0, 0.05) is 10.7 Å². The molecule has 0 unspecified atom stereocenters. The predicted octanol–water partition coefficient (Wildman–Crippen LogP) is 3.87. The van der Waals surface area contributed by atoms with Gasteiger partial charge in [0.15, 0.2) is 5.82 Å². The van der Waals surface area contributed by atoms with E-state index in [1.54, 1.807) is 0 Å². The highest BCUT2D eigenvalue weighted by Gasteiger charge is 2.44. The third kappa shape index (κ3) is 4.08. The van der Waals surface area contributed by atoms with Gasteiger partial charge < -0.3 is 15.0 Å². The number of benzene rings is 1. The Hall–Kier alpha value is -3.55. The number of hydrogen-bond donors (Lipinski definition) is 1. The van der Waals surface area contributed by atoms with Crippen molar-refractivity contribution in [2.75, 3.05) is 32.5 Å². The second-order valence-corrected chi connectivity index (χ2v) is 8.57. The monoisotopic (exact) mass is 513 g/mol. The fourth-order valence-electron chi connectivity index (χ4n) is 4.27. The van der Waals surface area contributed by atoms with E-state index in [-0.39, 0.29) is 47.0 Å². The van der Waals surface area contributed by atoms with Gasteiger partial charge in [0.2, 0.25) is 11.8 Å². The van der Waals surface area contributed by atoms with Crippen LogP contribution in [0.1, 0.15) is 23.5 Å². The molecule has 4 aromatic rings. The van der Waals surface area contributed by atoms with E-state index < -0.39 is 43.8 Å². The number of halogens is 5. The van der Waals surface area contributed by atoms with Crippen molar-refractivity contribution in [3.05, 3.63) is 30.2 Å². The second kappa shape index (κ2) is 8.84. The van der Waals surface area contributed by atoms with Crippen molar-refractivity contribution in [1.82, 2.24) is 34.5 Å². The number of piperidine rings is 1. The average molecular weight is 513 g/mol. The van der Waals surface area contributed by atoms with Crippen molar-refractivity contribution < 1.29 is 30.8 Å². The van der Waals surface area contributed by atoms with E-state index in [2.05, 4.69) is 25.7 Å². The zero-order valence-corrected chi connectivity index (χ0v) is 19.1. The van der Waals surface area contributed by atoms with Crippen LogP contribution < -0.4 is 10.1 Å². The third-order valence-corrected chi connectivity index (χ3v) is 6.16. The minimum atomic E-state index is -3.42. The number of hydrogen-bond acceptors (Lipinski definition) is 7. The first-order chi connectivity index (χ1) is 18.3. The van der Waals surface area contributed by atoms with Crippen LogP contribution in [0.3, 0.4) is 0 Å². The highest BCUT2D eigenvalue weighted by Crippen LogP contribution is 2.36. The van der Waals surface area contributed by atoms with Crippen LogP contribution in [0.15, 0.2) is 24.4 Å². The van der Waals surface area contributed by atoms with Crippen LogP contribution in [0.25, 0.3) is 27.7 Å². The lowest BCUT2D eigenvalue weighted by atomic mass is 10.0. The van der Waals surface area contributed by atoms with Crippen molar-refractivity contribution in [3.8, 4) is 17.0 Å². The van der Waals surface area contributed by atoms with Gasteiger partial charge in [0.25, 0.3) is 12.3 Å². The minimum absolute atomic E-state index is 0.00550. The van der Waals surface area contributed by atoms with Crippen LogP contribution in [-0.2, 0) is 0 Å². The molecule has 0 amide bonds. The molecule has 4 heterocycles. The molecule has 14 heteroatoms. The molecule has 0 radical (unpaired) electrons. The molecule has 0 saturated carbocycles. The summed E-state index contributed by atoms with van der Waals surface area (Å²) in [7, 11) is 1.26. The lowest BCUT2D eigenvalue weighted by Crippen LogP contribution is -2.53. The Balaban J connectivity index is 1.52. The Morgan fingerprint density at radius 1 is 1.31 bits per heavy atom. The molecule has 5 rings (SSSR count). The first-order valence-corrected chi connectivity index (χ1v) is 11.0. The number of fused-ring (bicyclic) bond motifs is 2. The summed E-state index contributed by atoms with van der Waals surface area (Å²) in [6.45, 7) is -2.47. The zero-order chi connectivity index (χ0) is 28.3. The molecule has 1 aromatic carbocycles. The Bertz CT molecular complexity index is 1530. The van der Waals surface area contributed by atoms with E-state index in [1.165, 1.54) is 32.2 Å². The molecule has 1 saturated heterocycles. The van der Waals surface area contributed by atoms with Crippen LogP contribution in [0.4, 0.5) is 27.9 Å². The van der Waals surface area contributed by atoms with E-state index in [0.717, 1.165) is 20.3 Å². The third-order valence-electron chi connectivity index (χ3n) is 6.16. The molecule has 0 bridgehead atoms. The smallest absolute Gasteiger partial charge is 0.280 e. The van der Waals surface area contributed by atoms with Crippen LogP contribution in [0, 0.1) is 5.82 Å². The number of aromatic nitrogens is 6. The van der Waals surface area contributed by atoms with E-state index in [9.17, 15) is 17.6 Å². The van der Waals surface area contributed by atoms with Crippen molar-refractivity contribution in [3.63, 3.8) is 0 Å². The number of likely N-dealkylation sites (tertiary alicyclic amines) is 1. The summed E-state index contributed by atoms with van der Waals surface area (Å²) in [5.41, 5.74) is 0.927. The maximum absolute atomic E-state index is 15.3. The molecule has 9 nitrogen and oxygen atoms in total. The lowest BCUT2D eigenvalue weighted by molar-refractivity contribution is -0.0675. The molecule has 1 N–H and O–H groups in total. The number of ether oxygens (including phenoxy) is 1. The van der Waals surface area contributed by atoms with Gasteiger partial charge in [-0.25, -0.2) is 31.1 Å². The van der Waals surface area contributed by atoms with E-state index in [0.29, 0.717) is 5.52 Å². The van der Waals surface area contributed by atoms with Crippen molar-refractivity contribution in [2.45, 2.75) is 37.8 Å². The molecule has 36 heavy (non-hydrogen) atoms. The van der Waals surface area contributed by atoms with Gasteiger partial charge in [0.1, 0.15) is 17.1 Å². The topological polar surface area (TPSA) is 85.4 Å². The maximum atomic E-state index is 15.3. The fraction of sp³-hybridized carbons (Fsp3) is 0.455. The van der Waals surface area contributed by atoms with Crippen molar-refractivity contribution in [1.29, 1.82) is 0 Å². The van der Waals surface area contributed by atoms with Gasteiger partial charge in [-0.2, -0.15) is 4.98 Å². The summed E-state index contributed by atoms with van der Waals surface area (Å²) in [5, 5.41) is 14.3. The molecule has 1 aliphatic rings. The quantitative estimate of drug-likeness (QED) is 0.392. The maximum Gasteiger partial charge on any atom is 0.280 e. The molecular formula is C22H23F5N8O. The SMILES string of the molecule is [2H]C([2H])([2H])N1CC[C@@H](Nc2nc(OC)c3c(-c4ccc5nnn([C@H](C)C(F)F)c5c4)c(F)cn3n2)C(F)(F)C1. The summed E-state index contributed by atoms with van der Waals surface area (Å²) in [4.78, 5) is 4.87. The number of rotatable bonds is 6. The Morgan fingerprint density at radius 3 is 2.81 bits per heavy atom. The lowest BCUT2D eigenvalue weighted by Gasteiger charge is -2.36. The van der Waals surface area contributed by atoms with Gasteiger partial charge in [-0.3, -0.25) is 0 Å². The largest absolute Gasteiger partial charge is 0.479 e. The Labute approximate surface area is 206 Å². The first kappa shape index (κ1) is 20.6. The molecule has 0 spiro atoms. The number of nitrogens with zero attached hydrogens (tertiary/aromatic N) is 7. The summed E-state index contributed by atoms with van der Waals surface area (Å²) in [5.74, 6) is -4.59. The van der Waals surface area contributed by atoms with E-state index >= 15 is 4.39 Å². The van der Waals surface area contributed by atoms with Crippen molar-refractivity contribution >= 4 is 22.5 Å². The molecule has 1 fully saturated rings. The summed E-state index contributed by atoms with van der Waals surface area (Å²) >= 11 is 0. The average Bonchev–Trinajstić information content (AvgIpc) is 3.43. The fourth-order valence-corrected chi connectivity index (χ4v) is 4.27. The summed E-state index contributed by atoms with van der Waals surface area (Å²) < 4.78 is 101. The number of methoxy groups -OCH3 is 1. The Kier molecular flexibility index (Phi) is 5.06. The van der Waals surface area contributed by atoms with E-state index in [4.69, 9.17) is 8.85 Å². The molecule has 2 atom stereocenters. The molecular weight excluding hydrogens is 487 g/mol. The first-order valence-electron chi connectivity index (χ1n) is 12.5. The van der Waals surface area contributed by atoms with E-state index in [1.807, 2.05) is 0 Å². The van der Waals surface area contributed by atoms with Gasteiger partial charge >= 0.3 is 0 Å². The number of alkyl halides is 4. The molecule has 1 aliphatic heterocycles. The number of nitrogens with one attached hydrogen (secondary N) is 1. The predicted molar refractivity (Wildman–Crippen MR) is 121 cm³/mol. The highest BCUT2D eigenvalue weighted by molar-refractivity contribution is 5.89.